The zero-order chi connectivity index (χ0) is 21.0. The van der Waals surface area contributed by atoms with Crippen LogP contribution in [0.25, 0.3) is 11.4 Å². The summed E-state index contributed by atoms with van der Waals surface area (Å²) in [7, 11) is 3.29. The van der Waals surface area contributed by atoms with Gasteiger partial charge in [0.2, 0.25) is 11.7 Å². The molecule has 0 bridgehead atoms. The van der Waals surface area contributed by atoms with Crippen LogP contribution in [0.5, 0.6) is 11.5 Å². The number of hydrogen-bond acceptors (Lipinski definition) is 6. The van der Waals surface area contributed by atoms with Crippen molar-refractivity contribution in [2.24, 2.45) is 0 Å². The molecule has 3 aromatic rings. The van der Waals surface area contributed by atoms with Crippen LogP contribution in [0.4, 0.5) is 0 Å². The van der Waals surface area contributed by atoms with Crippen LogP contribution in [0.3, 0.4) is 0 Å². The van der Waals surface area contributed by atoms with E-state index in [1.165, 1.54) is 4.90 Å². The Labute approximate surface area is 170 Å². The number of nitrogens with zero attached hydrogens (tertiary/aromatic N) is 3. The fourth-order valence-electron chi connectivity index (χ4n) is 2.86. The monoisotopic (exact) mass is 395 g/mol. The second-order valence-electron chi connectivity index (χ2n) is 6.89. The fourth-order valence-corrected chi connectivity index (χ4v) is 2.86. The number of amides is 1. The van der Waals surface area contributed by atoms with E-state index < -0.39 is 6.10 Å². The fraction of sp³-hybridized carbons (Fsp3) is 0.318. The average molecular weight is 395 g/mol. The summed E-state index contributed by atoms with van der Waals surface area (Å²) in [6.45, 7) is 5.92. The Hall–Kier alpha value is -3.35. The molecule has 1 amide bonds. The molecule has 2 aromatic carbocycles. The van der Waals surface area contributed by atoms with Crippen LogP contribution in [-0.2, 0) is 11.3 Å². The van der Waals surface area contributed by atoms with Gasteiger partial charge in [-0.1, -0.05) is 17.3 Å². The van der Waals surface area contributed by atoms with Gasteiger partial charge < -0.3 is 18.9 Å². The molecule has 152 valence electrons. The molecule has 0 saturated heterocycles. The van der Waals surface area contributed by atoms with Crippen LogP contribution < -0.4 is 9.47 Å². The van der Waals surface area contributed by atoms with Crippen molar-refractivity contribution in [3.05, 3.63) is 59.5 Å². The van der Waals surface area contributed by atoms with Gasteiger partial charge in [-0.05, 0) is 62.2 Å². The number of rotatable bonds is 7. The molecule has 0 spiro atoms. The molecule has 0 aliphatic heterocycles. The summed E-state index contributed by atoms with van der Waals surface area (Å²) in [6, 6.07) is 13.1. The smallest absolute Gasteiger partial charge is 0.263 e. The van der Waals surface area contributed by atoms with Crippen LogP contribution >= 0.6 is 0 Å². The molecular weight excluding hydrogens is 370 g/mol. The van der Waals surface area contributed by atoms with Crippen LogP contribution in [0.1, 0.15) is 23.9 Å². The summed E-state index contributed by atoms with van der Waals surface area (Å²) >= 11 is 0. The van der Waals surface area contributed by atoms with Gasteiger partial charge in [0.1, 0.15) is 11.5 Å². The SMILES string of the molecule is COc1ccc(-c2noc(CN(C)C(=O)C(C)Oc3cccc(C)c3C)n2)cc1. The van der Waals surface area contributed by atoms with Gasteiger partial charge in [-0.3, -0.25) is 4.79 Å². The Balaban J connectivity index is 1.63. The molecule has 0 fully saturated rings. The van der Waals surface area contributed by atoms with Crippen LogP contribution in [0.15, 0.2) is 47.0 Å². The molecule has 0 aliphatic rings. The zero-order valence-electron chi connectivity index (χ0n) is 17.3. The minimum absolute atomic E-state index is 0.171. The first kappa shape index (κ1) is 20.4. The first-order valence-corrected chi connectivity index (χ1v) is 9.34. The number of carbonyl (C=O) groups excluding carboxylic acids is 1. The number of hydrogen-bond donors (Lipinski definition) is 0. The summed E-state index contributed by atoms with van der Waals surface area (Å²) in [4.78, 5) is 18.6. The van der Waals surface area contributed by atoms with Crippen molar-refractivity contribution in [3.63, 3.8) is 0 Å². The van der Waals surface area contributed by atoms with Crippen molar-refractivity contribution in [3.8, 4) is 22.9 Å². The van der Waals surface area contributed by atoms with Gasteiger partial charge in [-0.2, -0.15) is 4.98 Å². The summed E-state index contributed by atoms with van der Waals surface area (Å²) in [5.74, 6) is 2.10. The number of carbonyl (C=O) groups is 1. The predicted octanol–water partition coefficient (Wildman–Crippen LogP) is 3.79. The highest BCUT2D eigenvalue weighted by atomic mass is 16.5. The van der Waals surface area contributed by atoms with Gasteiger partial charge in [-0.25, -0.2) is 0 Å². The second-order valence-corrected chi connectivity index (χ2v) is 6.89. The zero-order valence-corrected chi connectivity index (χ0v) is 17.3. The van der Waals surface area contributed by atoms with Crippen molar-refractivity contribution >= 4 is 5.91 Å². The van der Waals surface area contributed by atoms with E-state index in [1.54, 1.807) is 21.1 Å². The molecule has 0 aliphatic carbocycles. The molecule has 0 radical (unpaired) electrons. The number of methoxy groups -OCH3 is 1. The highest BCUT2D eigenvalue weighted by Gasteiger charge is 2.22. The topological polar surface area (TPSA) is 77.7 Å². The van der Waals surface area contributed by atoms with Gasteiger partial charge in [0.15, 0.2) is 6.10 Å². The molecule has 3 rings (SSSR count). The van der Waals surface area contributed by atoms with E-state index >= 15 is 0 Å². The standard InChI is InChI=1S/C22H25N3O4/c1-14-7-6-8-19(15(14)2)28-16(3)22(26)25(4)13-20-23-21(24-29-20)17-9-11-18(27-5)12-10-17/h6-12,16H,13H2,1-5H3. The number of aromatic nitrogens is 2. The van der Waals surface area contributed by atoms with E-state index in [0.717, 1.165) is 22.4 Å². The molecule has 0 saturated carbocycles. The maximum Gasteiger partial charge on any atom is 0.263 e. The Kier molecular flexibility index (Phi) is 6.16. The van der Waals surface area contributed by atoms with Gasteiger partial charge in [-0.15, -0.1) is 0 Å². The Morgan fingerprint density at radius 3 is 2.59 bits per heavy atom. The minimum atomic E-state index is -0.635. The number of ether oxygens (including phenoxy) is 2. The molecule has 1 heterocycles. The highest BCUT2D eigenvalue weighted by molar-refractivity contribution is 5.80. The third kappa shape index (κ3) is 4.74. The van der Waals surface area contributed by atoms with Gasteiger partial charge in [0, 0.05) is 12.6 Å². The third-order valence-corrected chi connectivity index (χ3v) is 4.77. The number of likely N-dealkylation sites (N-methyl/N-ethyl adjacent to an activating group) is 1. The van der Waals surface area contributed by atoms with E-state index in [-0.39, 0.29) is 12.5 Å². The largest absolute Gasteiger partial charge is 0.497 e. The van der Waals surface area contributed by atoms with Crippen LogP contribution in [-0.4, -0.2) is 41.2 Å². The molecule has 1 aromatic heterocycles. The lowest BCUT2D eigenvalue weighted by molar-refractivity contribution is -0.137. The van der Waals surface area contributed by atoms with Crippen molar-refractivity contribution in [1.29, 1.82) is 0 Å². The van der Waals surface area contributed by atoms with E-state index in [1.807, 2.05) is 56.3 Å². The summed E-state index contributed by atoms with van der Waals surface area (Å²) < 4.78 is 16.3. The van der Waals surface area contributed by atoms with Crippen molar-refractivity contribution < 1.29 is 18.8 Å². The molecule has 29 heavy (non-hydrogen) atoms. The van der Waals surface area contributed by atoms with Crippen molar-refractivity contribution in [2.45, 2.75) is 33.4 Å². The lowest BCUT2D eigenvalue weighted by Crippen LogP contribution is -2.37. The Morgan fingerprint density at radius 2 is 1.90 bits per heavy atom. The van der Waals surface area contributed by atoms with Gasteiger partial charge in [0.05, 0.1) is 13.7 Å². The summed E-state index contributed by atoms with van der Waals surface area (Å²) in [6.07, 6.45) is -0.635. The molecule has 1 unspecified atom stereocenters. The Bertz CT molecular complexity index is 982. The lowest BCUT2D eigenvalue weighted by atomic mass is 10.1. The maximum absolute atomic E-state index is 12.7. The third-order valence-electron chi connectivity index (χ3n) is 4.77. The summed E-state index contributed by atoms with van der Waals surface area (Å²) in [5.41, 5.74) is 2.95. The lowest BCUT2D eigenvalue weighted by Gasteiger charge is -2.21. The Morgan fingerprint density at radius 1 is 1.17 bits per heavy atom. The number of benzene rings is 2. The predicted molar refractivity (Wildman–Crippen MR) is 109 cm³/mol. The highest BCUT2D eigenvalue weighted by Crippen LogP contribution is 2.23. The molecule has 7 heteroatoms. The molecular formula is C22H25N3O4. The van der Waals surface area contributed by atoms with Crippen LogP contribution in [0, 0.1) is 13.8 Å². The average Bonchev–Trinajstić information content (AvgIpc) is 3.19. The van der Waals surface area contributed by atoms with Gasteiger partial charge >= 0.3 is 0 Å². The second kappa shape index (κ2) is 8.77. The summed E-state index contributed by atoms with van der Waals surface area (Å²) in [5, 5.41) is 3.99. The van der Waals surface area contributed by atoms with E-state index in [2.05, 4.69) is 10.1 Å². The van der Waals surface area contributed by atoms with E-state index in [4.69, 9.17) is 14.0 Å². The van der Waals surface area contributed by atoms with Crippen molar-refractivity contribution in [1.82, 2.24) is 15.0 Å². The first-order valence-electron chi connectivity index (χ1n) is 9.34. The van der Waals surface area contributed by atoms with Gasteiger partial charge in [0.25, 0.3) is 5.91 Å². The normalized spacial score (nSPS) is 11.8. The minimum Gasteiger partial charge on any atom is -0.497 e. The molecule has 7 nitrogen and oxygen atoms in total. The van der Waals surface area contributed by atoms with E-state index in [0.29, 0.717) is 17.5 Å². The number of aryl methyl sites for hydroxylation is 1. The molecule has 1 atom stereocenters. The molecule has 0 N–H and O–H groups in total. The quantitative estimate of drug-likeness (QED) is 0.606. The maximum atomic E-state index is 12.7. The first-order chi connectivity index (χ1) is 13.9. The van der Waals surface area contributed by atoms with Crippen molar-refractivity contribution in [2.75, 3.05) is 14.2 Å². The van der Waals surface area contributed by atoms with E-state index in [9.17, 15) is 4.79 Å². The van der Waals surface area contributed by atoms with Crippen LogP contribution in [0.2, 0.25) is 0 Å².